The van der Waals surface area contributed by atoms with Crippen LogP contribution in [0.15, 0.2) is 59.0 Å². The maximum Gasteiger partial charge on any atom is 0.273 e. The Morgan fingerprint density at radius 3 is 2.83 bits per heavy atom. The number of methoxy groups -OCH3 is 1. The van der Waals surface area contributed by atoms with Crippen LogP contribution in [0, 0.1) is 21.4 Å². The van der Waals surface area contributed by atoms with Gasteiger partial charge in [-0.25, -0.2) is 4.98 Å². The molecule has 0 amide bonds. The van der Waals surface area contributed by atoms with Gasteiger partial charge in [0.1, 0.15) is 29.2 Å². The minimum atomic E-state index is -0.491. The van der Waals surface area contributed by atoms with Crippen LogP contribution >= 0.6 is 0 Å². The Bertz CT molecular complexity index is 1260. The summed E-state index contributed by atoms with van der Waals surface area (Å²) in [4.78, 5) is 18.0. The van der Waals surface area contributed by atoms with Gasteiger partial charge < -0.3 is 14.1 Å². The lowest BCUT2D eigenvalue weighted by Crippen LogP contribution is -1.92. The van der Waals surface area contributed by atoms with Crippen LogP contribution in [0.5, 0.6) is 5.75 Å². The third-order valence-electron chi connectivity index (χ3n) is 4.34. The van der Waals surface area contributed by atoms with Crippen LogP contribution in [0.4, 0.5) is 5.69 Å². The second-order valence-corrected chi connectivity index (χ2v) is 6.12. The van der Waals surface area contributed by atoms with Gasteiger partial charge in [-0.3, -0.25) is 10.1 Å². The number of nitrogens with one attached hydrogen (secondary N) is 1. The number of fused-ring (bicyclic) bond motifs is 1. The molecule has 0 radical (unpaired) electrons. The molecule has 142 valence electrons. The molecule has 0 spiro atoms. The first-order valence-electron chi connectivity index (χ1n) is 8.58. The van der Waals surface area contributed by atoms with E-state index in [0.717, 1.165) is 11.0 Å². The monoisotopic (exact) mass is 386 g/mol. The van der Waals surface area contributed by atoms with Gasteiger partial charge in [0.05, 0.1) is 40.3 Å². The van der Waals surface area contributed by atoms with E-state index in [4.69, 9.17) is 9.15 Å². The number of nitrogens with zero attached hydrogens (tertiary/aromatic N) is 3. The molecule has 8 nitrogen and oxygen atoms in total. The van der Waals surface area contributed by atoms with Crippen molar-refractivity contribution in [2.45, 2.75) is 0 Å². The van der Waals surface area contributed by atoms with Crippen molar-refractivity contribution in [3.8, 4) is 23.1 Å². The van der Waals surface area contributed by atoms with Crippen molar-refractivity contribution >= 4 is 28.4 Å². The molecule has 0 unspecified atom stereocenters. The van der Waals surface area contributed by atoms with E-state index >= 15 is 0 Å². The van der Waals surface area contributed by atoms with E-state index in [1.54, 1.807) is 24.3 Å². The molecule has 0 aliphatic carbocycles. The first-order chi connectivity index (χ1) is 14.1. The Kier molecular flexibility index (Phi) is 4.55. The van der Waals surface area contributed by atoms with Crippen LogP contribution < -0.4 is 4.74 Å². The molecule has 2 aromatic carbocycles. The standard InChI is InChI=1S/C21H14N4O4/c1-28-20-11-14(25(26)27)6-8-16(20)19-9-7-15(29-19)10-13(12-22)21-23-17-4-2-3-5-18(17)24-21/h2-11H,1H3,(H,23,24). The van der Waals surface area contributed by atoms with Crippen molar-refractivity contribution in [2.75, 3.05) is 7.11 Å². The minimum absolute atomic E-state index is 0.0751. The number of non-ortho nitro benzene ring substituents is 1. The van der Waals surface area contributed by atoms with Crippen LogP contribution in [0.1, 0.15) is 11.6 Å². The highest BCUT2D eigenvalue weighted by Crippen LogP contribution is 2.34. The zero-order valence-electron chi connectivity index (χ0n) is 15.2. The Balaban J connectivity index is 1.70. The van der Waals surface area contributed by atoms with Gasteiger partial charge in [-0.15, -0.1) is 0 Å². The number of aromatic amines is 1. The molecule has 0 saturated heterocycles. The molecule has 2 heterocycles. The van der Waals surface area contributed by atoms with Gasteiger partial charge in [0, 0.05) is 12.1 Å². The second kappa shape index (κ2) is 7.32. The van der Waals surface area contributed by atoms with Crippen molar-refractivity contribution in [1.29, 1.82) is 5.26 Å². The van der Waals surface area contributed by atoms with Gasteiger partial charge in [-0.05, 0) is 30.3 Å². The number of allylic oxidation sites excluding steroid dienone is 1. The van der Waals surface area contributed by atoms with E-state index in [-0.39, 0.29) is 5.69 Å². The van der Waals surface area contributed by atoms with Crippen LogP contribution in [0.2, 0.25) is 0 Å². The number of benzene rings is 2. The second-order valence-electron chi connectivity index (χ2n) is 6.12. The number of para-hydroxylation sites is 2. The van der Waals surface area contributed by atoms with Crippen molar-refractivity contribution in [3.05, 3.63) is 76.3 Å². The van der Waals surface area contributed by atoms with Crippen LogP contribution in [-0.2, 0) is 0 Å². The summed E-state index contributed by atoms with van der Waals surface area (Å²) in [6.07, 6.45) is 1.58. The fourth-order valence-corrected chi connectivity index (χ4v) is 2.95. The predicted octanol–water partition coefficient (Wildman–Crippen LogP) is 4.80. The van der Waals surface area contributed by atoms with E-state index in [9.17, 15) is 15.4 Å². The highest BCUT2D eigenvalue weighted by Gasteiger charge is 2.16. The number of nitro groups is 1. The highest BCUT2D eigenvalue weighted by molar-refractivity contribution is 5.89. The first kappa shape index (κ1) is 18.0. The third kappa shape index (κ3) is 3.44. The van der Waals surface area contributed by atoms with Gasteiger partial charge in [-0.1, -0.05) is 12.1 Å². The topological polar surface area (TPSA) is 118 Å². The summed E-state index contributed by atoms with van der Waals surface area (Å²) < 4.78 is 11.1. The van der Waals surface area contributed by atoms with Crippen molar-refractivity contribution < 1.29 is 14.1 Å². The van der Waals surface area contributed by atoms with Gasteiger partial charge in [-0.2, -0.15) is 5.26 Å². The lowest BCUT2D eigenvalue weighted by molar-refractivity contribution is -0.384. The number of hydrogen-bond acceptors (Lipinski definition) is 6. The average molecular weight is 386 g/mol. The van der Waals surface area contributed by atoms with Gasteiger partial charge >= 0.3 is 0 Å². The number of nitro benzene ring substituents is 1. The van der Waals surface area contributed by atoms with Crippen LogP contribution in [0.25, 0.3) is 34.0 Å². The molecule has 1 N–H and O–H groups in total. The molecular weight excluding hydrogens is 372 g/mol. The number of aromatic nitrogens is 2. The SMILES string of the molecule is COc1cc([N+](=O)[O-])ccc1-c1ccc(C=C(C#N)c2nc3ccccc3[nH]2)o1. The lowest BCUT2D eigenvalue weighted by atomic mass is 10.1. The van der Waals surface area contributed by atoms with E-state index in [2.05, 4.69) is 16.0 Å². The number of hydrogen-bond donors (Lipinski definition) is 1. The normalized spacial score (nSPS) is 11.4. The highest BCUT2D eigenvalue weighted by atomic mass is 16.6. The van der Waals surface area contributed by atoms with E-state index in [1.165, 1.54) is 19.2 Å². The van der Waals surface area contributed by atoms with Crippen molar-refractivity contribution in [2.24, 2.45) is 0 Å². The molecule has 0 atom stereocenters. The Hall–Kier alpha value is -4.38. The van der Waals surface area contributed by atoms with Gasteiger partial charge in [0.2, 0.25) is 0 Å². The van der Waals surface area contributed by atoms with E-state index in [0.29, 0.717) is 34.2 Å². The zero-order valence-corrected chi connectivity index (χ0v) is 15.2. The largest absolute Gasteiger partial charge is 0.496 e. The Labute approximate surface area is 164 Å². The van der Waals surface area contributed by atoms with Crippen molar-refractivity contribution in [1.82, 2.24) is 9.97 Å². The molecular formula is C21H14N4O4. The molecule has 29 heavy (non-hydrogen) atoms. The van der Waals surface area contributed by atoms with Gasteiger partial charge in [0.25, 0.3) is 5.69 Å². The number of imidazole rings is 1. The molecule has 4 rings (SSSR count). The fourth-order valence-electron chi connectivity index (χ4n) is 2.95. The Morgan fingerprint density at radius 1 is 1.28 bits per heavy atom. The summed E-state index contributed by atoms with van der Waals surface area (Å²) in [5.74, 6) is 1.67. The van der Waals surface area contributed by atoms with Crippen LogP contribution in [-0.4, -0.2) is 22.0 Å². The number of H-pyrrole nitrogens is 1. The summed E-state index contributed by atoms with van der Waals surface area (Å²) in [5.41, 5.74) is 2.41. The lowest BCUT2D eigenvalue weighted by Gasteiger charge is -2.05. The quantitative estimate of drug-likeness (QED) is 0.299. The third-order valence-corrected chi connectivity index (χ3v) is 4.34. The summed E-state index contributed by atoms with van der Waals surface area (Å²) >= 11 is 0. The van der Waals surface area contributed by atoms with E-state index in [1.807, 2.05) is 24.3 Å². The maximum atomic E-state index is 11.0. The average Bonchev–Trinajstić information content (AvgIpc) is 3.38. The zero-order chi connectivity index (χ0) is 20.4. The molecule has 4 aromatic rings. The Morgan fingerprint density at radius 2 is 2.10 bits per heavy atom. The van der Waals surface area contributed by atoms with E-state index < -0.39 is 4.92 Å². The summed E-state index contributed by atoms with van der Waals surface area (Å²) in [5, 5.41) is 20.5. The molecule has 0 fully saturated rings. The number of ether oxygens (including phenoxy) is 1. The minimum Gasteiger partial charge on any atom is -0.496 e. The van der Waals surface area contributed by atoms with Crippen LogP contribution in [0.3, 0.4) is 0 Å². The molecule has 0 aliphatic rings. The number of furan rings is 1. The van der Waals surface area contributed by atoms with Gasteiger partial charge in [0.15, 0.2) is 0 Å². The first-order valence-corrected chi connectivity index (χ1v) is 8.58. The molecule has 0 bridgehead atoms. The molecule has 2 aromatic heterocycles. The predicted molar refractivity (Wildman–Crippen MR) is 107 cm³/mol. The fraction of sp³-hybridized carbons (Fsp3) is 0.0476. The smallest absolute Gasteiger partial charge is 0.273 e. The number of nitriles is 1. The number of rotatable bonds is 5. The summed E-state index contributed by atoms with van der Waals surface area (Å²) in [6, 6.07) is 17.3. The van der Waals surface area contributed by atoms with Crippen molar-refractivity contribution in [3.63, 3.8) is 0 Å². The molecule has 0 saturated carbocycles. The summed E-state index contributed by atoms with van der Waals surface area (Å²) in [7, 11) is 1.43. The maximum absolute atomic E-state index is 11.0. The summed E-state index contributed by atoms with van der Waals surface area (Å²) in [6.45, 7) is 0. The molecule has 0 aliphatic heterocycles. The molecule has 8 heteroatoms.